The van der Waals surface area contributed by atoms with E-state index in [-0.39, 0.29) is 11.6 Å². The van der Waals surface area contributed by atoms with Gasteiger partial charge in [0, 0.05) is 32.1 Å². The molecule has 0 radical (unpaired) electrons. The molecular weight excluding hydrogens is 695 g/mol. The highest BCUT2D eigenvalue weighted by Gasteiger charge is 2.19. The predicted molar refractivity (Wildman–Crippen MR) is 202 cm³/mol. The van der Waals surface area contributed by atoms with Gasteiger partial charge in [0.15, 0.2) is 5.13 Å². The molecule has 11 heteroatoms. The Morgan fingerprint density at radius 1 is 0.837 bits per heavy atom. The maximum atomic E-state index is 13.6. The summed E-state index contributed by atoms with van der Waals surface area (Å²) in [5.74, 6) is -1.08. The van der Waals surface area contributed by atoms with Crippen LogP contribution in [-0.2, 0) is 9.59 Å². The van der Waals surface area contributed by atoms with Crippen LogP contribution >= 0.6 is 46.3 Å². The number of anilines is 2. The number of carbonyl (C=O) groups excluding carboxylic acids is 3. The number of thiazole rings is 1. The van der Waals surface area contributed by atoms with Crippen LogP contribution in [0.3, 0.4) is 0 Å². The van der Waals surface area contributed by atoms with Gasteiger partial charge in [0.25, 0.3) is 11.8 Å². The van der Waals surface area contributed by atoms with E-state index in [1.807, 2.05) is 66.0 Å². The zero-order valence-corrected chi connectivity index (χ0v) is 29.1. The number of thioether (sulfide) groups is 1. The van der Waals surface area contributed by atoms with Crippen LogP contribution in [0.15, 0.2) is 131 Å². The Morgan fingerprint density at radius 3 is 2.35 bits per heavy atom. The third-order valence-corrected chi connectivity index (χ3v) is 9.81. The lowest BCUT2D eigenvalue weighted by Crippen LogP contribution is -2.30. The van der Waals surface area contributed by atoms with Crippen LogP contribution in [0, 0.1) is 0 Å². The topological polar surface area (TPSA) is 100 Å². The van der Waals surface area contributed by atoms with Crippen molar-refractivity contribution in [2.45, 2.75) is 17.1 Å². The maximum Gasteiger partial charge on any atom is 0.272 e. The van der Waals surface area contributed by atoms with Crippen LogP contribution in [0.4, 0.5) is 10.8 Å². The summed E-state index contributed by atoms with van der Waals surface area (Å²) in [5.41, 5.74) is 3.22. The molecule has 1 aromatic heterocycles. The zero-order chi connectivity index (χ0) is 34.3. The molecular formula is C38H28Cl2N4O3S2. The summed E-state index contributed by atoms with van der Waals surface area (Å²) in [7, 11) is 0. The molecule has 1 atom stereocenters. The van der Waals surface area contributed by atoms with Crippen LogP contribution < -0.4 is 16.0 Å². The summed E-state index contributed by atoms with van der Waals surface area (Å²) < 4.78 is 0. The number of nitrogens with zero attached hydrogens (tertiary/aromatic N) is 1. The number of nitrogens with one attached hydrogen (secondary N) is 3. The highest BCUT2D eigenvalue weighted by atomic mass is 35.5. The largest absolute Gasteiger partial charge is 0.321 e. The Morgan fingerprint density at radius 2 is 1.57 bits per heavy atom. The number of halogens is 2. The summed E-state index contributed by atoms with van der Waals surface area (Å²) in [5, 5.41) is 13.4. The highest BCUT2D eigenvalue weighted by Crippen LogP contribution is 2.33. The lowest BCUT2D eigenvalue weighted by Gasteiger charge is -2.13. The van der Waals surface area contributed by atoms with Crippen LogP contribution in [0.5, 0.6) is 0 Å². The van der Waals surface area contributed by atoms with E-state index in [2.05, 4.69) is 20.9 Å². The molecule has 6 aromatic rings. The number of hydrogen-bond donors (Lipinski definition) is 3. The molecule has 3 amide bonds. The average Bonchev–Trinajstić information content (AvgIpc) is 3.57. The van der Waals surface area contributed by atoms with E-state index in [4.69, 9.17) is 23.2 Å². The first-order valence-corrected chi connectivity index (χ1v) is 17.6. The fourth-order valence-electron chi connectivity index (χ4n) is 4.91. The van der Waals surface area contributed by atoms with Gasteiger partial charge in [-0.2, -0.15) is 0 Å². The number of amides is 3. The summed E-state index contributed by atoms with van der Waals surface area (Å²) in [4.78, 5) is 45.0. The van der Waals surface area contributed by atoms with Gasteiger partial charge in [-0.1, -0.05) is 83.9 Å². The molecule has 0 saturated heterocycles. The average molecular weight is 724 g/mol. The molecule has 3 N–H and O–H groups in total. The van der Waals surface area contributed by atoms with Crippen molar-refractivity contribution < 1.29 is 14.4 Å². The first-order valence-electron chi connectivity index (χ1n) is 15.1. The minimum atomic E-state index is -0.479. The molecule has 0 saturated carbocycles. The van der Waals surface area contributed by atoms with Crippen molar-refractivity contribution >= 4 is 91.7 Å². The van der Waals surface area contributed by atoms with Crippen LogP contribution in [0.25, 0.3) is 28.1 Å². The molecule has 0 fully saturated rings. The van der Waals surface area contributed by atoms with Gasteiger partial charge in [0.05, 0.1) is 16.0 Å². The predicted octanol–water partition coefficient (Wildman–Crippen LogP) is 9.80. The second-order valence-corrected chi connectivity index (χ2v) is 14.0. The third kappa shape index (κ3) is 8.57. The molecule has 0 spiro atoms. The number of fused-ring (bicyclic) bond motifs is 1. The van der Waals surface area contributed by atoms with Crippen LogP contribution in [-0.4, -0.2) is 28.0 Å². The third-order valence-electron chi connectivity index (χ3n) is 7.39. The molecule has 1 heterocycles. The van der Waals surface area contributed by atoms with Crippen molar-refractivity contribution in [3.8, 4) is 11.3 Å². The summed E-state index contributed by atoms with van der Waals surface area (Å²) in [6.07, 6.45) is 1.68. The fraction of sp³-hybridized carbons (Fsp3) is 0.0526. The van der Waals surface area contributed by atoms with Crippen LogP contribution in [0.2, 0.25) is 10.0 Å². The van der Waals surface area contributed by atoms with Crippen molar-refractivity contribution in [1.29, 1.82) is 0 Å². The van der Waals surface area contributed by atoms with Crippen molar-refractivity contribution in [1.82, 2.24) is 10.3 Å². The second kappa shape index (κ2) is 15.5. The quantitative estimate of drug-likeness (QED) is 0.0966. The summed E-state index contributed by atoms with van der Waals surface area (Å²) >= 11 is 15.0. The lowest BCUT2D eigenvalue weighted by molar-refractivity contribution is -0.115. The molecule has 0 aliphatic heterocycles. The van der Waals surface area contributed by atoms with Gasteiger partial charge >= 0.3 is 0 Å². The monoisotopic (exact) mass is 722 g/mol. The van der Waals surface area contributed by atoms with Gasteiger partial charge < -0.3 is 16.0 Å². The number of hydrogen-bond acceptors (Lipinski definition) is 6. The highest BCUT2D eigenvalue weighted by molar-refractivity contribution is 8.00. The summed E-state index contributed by atoms with van der Waals surface area (Å²) in [6.45, 7) is 1.81. The van der Waals surface area contributed by atoms with E-state index >= 15 is 0 Å². The van der Waals surface area contributed by atoms with E-state index in [1.165, 1.54) is 23.1 Å². The smallest absolute Gasteiger partial charge is 0.272 e. The Hall–Kier alpha value is -4.93. The molecule has 5 aromatic carbocycles. The molecule has 0 aliphatic rings. The van der Waals surface area contributed by atoms with Gasteiger partial charge in [0.2, 0.25) is 5.91 Å². The molecule has 7 nitrogen and oxygen atoms in total. The van der Waals surface area contributed by atoms with Gasteiger partial charge in [0.1, 0.15) is 5.70 Å². The lowest BCUT2D eigenvalue weighted by atomic mass is 10.0. The standard InChI is InChI=1S/C38H28Cl2N4O3S2/c1-23(35(45)44-38-43-34(22-48-38)31-19-14-27(39)21-32(31)40)49-29-17-15-28(16-18-29)41-37(47)33(42-36(46)25-9-3-2-4-10-25)20-26-12-7-11-24-8-5-6-13-30(24)26/h2-23H,1H3,(H,41,47)(H,42,46)(H,43,44,45)/b33-20-. The van der Waals surface area contributed by atoms with E-state index in [1.54, 1.807) is 67.6 Å². The van der Waals surface area contributed by atoms with Gasteiger partial charge in [-0.3, -0.25) is 14.4 Å². The van der Waals surface area contributed by atoms with Crippen molar-refractivity contribution in [3.05, 3.63) is 148 Å². The number of carbonyl (C=O) groups is 3. The minimum absolute atomic E-state index is 0.0950. The van der Waals surface area contributed by atoms with Gasteiger partial charge in [-0.25, -0.2) is 4.98 Å². The van der Waals surface area contributed by atoms with Gasteiger partial charge in [-0.05, 0) is 83.9 Å². The summed E-state index contributed by atoms with van der Waals surface area (Å²) in [6, 6.07) is 34.7. The number of benzene rings is 5. The number of rotatable bonds is 10. The van der Waals surface area contributed by atoms with Crippen molar-refractivity contribution in [2.75, 3.05) is 10.6 Å². The normalized spacial score (nSPS) is 11.9. The molecule has 244 valence electrons. The molecule has 49 heavy (non-hydrogen) atoms. The number of aromatic nitrogens is 1. The first-order chi connectivity index (χ1) is 23.7. The van der Waals surface area contributed by atoms with E-state index < -0.39 is 17.1 Å². The Kier molecular flexibility index (Phi) is 10.8. The van der Waals surface area contributed by atoms with Crippen LogP contribution in [0.1, 0.15) is 22.8 Å². The van der Waals surface area contributed by atoms with E-state index in [0.717, 1.165) is 26.8 Å². The SMILES string of the molecule is CC(Sc1ccc(NC(=O)/C(=C/c2cccc3ccccc23)NC(=O)c2ccccc2)cc1)C(=O)Nc1nc(-c2ccc(Cl)cc2Cl)cs1. The fourth-order valence-corrected chi connectivity index (χ4v) is 6.99. The maximum absolute atomic E-state index is 13.6. The first kappa shape index (κ1) is 34.0. The van der Waals surface area contributed by atoms with Gasteiger partial charge in [-0.15, -0.1) is 23.1 Å². The Balaban J connectivity index is 1.12. The van der Waals surface area contributed by atoms with E-state index in [9.17, 15) is 14.4 Å². The van der Waals surface area contributed by atoms with Crippen molar-refractivity contribution in [2.24, 2.45) is 0 Å². The minimum Gasteiger partial charge on any atom is -0.321 e. The Bertz CT molecular complexity index is 2180. The van der Waals surface area contributed by atoms with Crippen molar-refractivity contribution in [3.63, 3.8) is 0 Å². The van der Waals surface area contributed by atoms with E-state index in [0.29, 0.717) is 32.1 Å². The Labute approximate surface area is 301 Å². The molecule has 6 rings (SSSR count). The zero-order valence-electron chi connectivity index (χ0n) is 25.9. The molecule has 0 bridgehead atoms. The molecule has 0 aliphatic carbocycles. The molecule has 1 unspecified atom stereocenters. The second-order valence-electron chi connectivity index (χ2n) is 10.8.